The Bertz CT molecular complexity index is 789. The molecule has 0 spiro atoms. The van der Waals surface area contributed by atoms with Gasteiger partial charge in [0, 0.05) is 0 Å². The van der Waals surface area contributed by atoms with Gasteiger partial charge in [-0.3, -0.25) is 0 Å². The minimum absolute atomic E-state index is 0.223. The van der Waals surface area contributed by atoms with Crippen LogP contribution >= 0.6 is 0 Å². The summed E-state index contributed by atoms with van der Waals surface area (Å²) in [5.41, 5.74) is 2.37. The number of aliphatic imine (C=N–C) groups is 2. The molecule has 2 heteroatoms. The van der Waals surface area contributed by atoms with Gasteiger partial charge in [-0.05, 0) is 37.5 Å². The summed E-state index contributed by atoms with van der Waals surface area (Å²) < 4.78 is 0. The molecule has 0 N–H and O–H groups in total. The van der Waals surface area contributed by atoms with Crippen LogP contribution in [0.2, 0.25) is 0 Å². The zero-order chi connectivity index (χ0) is 18.5. The summed E-state index contributed by atoms with van der Waals surface area (Å²) in [6.07, 6.45) is 0. The first-order valence-electron chi connectivity index (χ1n) is 8.88. The van der Waals surface area contributed by atoms with E-state index in [-0.39, 0.29) is 5.54 Å². The van der Waals surface area contributed by atoms with E-state index in [0.717, 1.165) is 16.7 Å². The summed E-state index contributed by atoms with van der Waals surface area (Å²) in [5.74, 6) is 0. The highest BCUT2D eigenvalue weighted by Crippen LogP contribution is 2.40. The Kier molecular flexibility index (Phi) is 5.16. The molecule has 130 valence electrons. The lowest BCUT2D eigenvalue weighted by atomic mass is 9.77. The van der Waals surface area contributed by atoms with Gasteiger partial charge in [-0.15, -0.1) is 0 Å². The van der Waals surface area contributed by atoms with Gasteiger partial charge >= 0.3 is 0 Å². The topological polar surface area (TPSA) is 24.7 Å². The molecule has 0 aliphatic heterocycles. The Morgan fingerprint density at radius 1 is 0.538 bits per heavy atom. The molecule has 3 aromatic rings. The van der Waals surface area contributed by atoms with E-state index < -0.39 is 5.54 Å². The molecule has 0 saturated heterocycles. The number of hydrogen-bond donors (Lipinski definition) is 0. The van der Waals surface area contributed by atoms with Crippen LogP contribution in [0.5, 0.6) is 0 Å². The van der Waals surface area contributed by atoms with E-state index in [4.69, 9.17) is 4.99 Å². The Hall–Kier alpha value is -2.96. The standard InChI is InChI=1S/C24H24N2/c1-23(2,3)25-19-26-24(20-13-7-4-8-14-20,21-15-9-5-10-16-21)22-17-11-6-12-18-22/h4-18H,1-3H3. The number of benzene rings is 3. The molecule has 0 unspecified atom stereocenters. The van der Waals surface area contributed by atoms with Crippen molar-refractivity contribution in [1.82, 2.24) is 0 Å². The van der Waals surface area contributed by atoms with Crippen molar-refractivity contribution in [2.75, 3.05) is 0 Å². The van der Waals surface area contributed by atoms with Crippen molar-refractivity contribution in [3.8, 4) is 0 Å². The van der Waals surface area contributed by atoms with Crippen molar-refractivity contribution < 1.29 is 0 Å². The summed E-state index contributed by atoms with van der Waals surface area (Å²) in [7, 11) is 0. The van der Waals surface area contributed by atoms with Crippen molar-refractivity contribution in [2.45, 2.75) is 31.8 Å². The van der Waals surface area contributed by atoms with Crippen LogP contribution in [-0.2, 0) is 5.54 Å². The first-order chi connectivity index (χ1) is 12.5. The molecule has 3 rings (SSSR count). The third-order valence-corrected chi connectivity index (χ3v) is 4.18. The highest BCUT2D eigenvalue weighted by Gasteiger charge is 2.35. The maximum absolute atomic E-state index is 4.93. The van der Waals surface area contributed by atoms with Crippen molar-refractivity contribution in [3.05, 3.63) is 108 Å². The first kappa shape index (κ1) is 17.8. The summed E-state index contributed by atoms with van der Waals surface area (Å²) >= 11 is 0. The zero-order valence-electron chi connectivity index (χ0n) is 15.6. The van der Waals surface area contributed by atoms with Crippen LogP contribution in [0.4, 0.5) is 0 Å². The van der Waals surface area contributed by atoms with Crippen LogP contribution < -0.4 is 0 Å². The van der Waals surface area contributed by atoms with Gasteiger partial charge in [-0.1, -0.05) is 91.0 Å². The van der Waals surface area contributed by atoms with E-state index in [9.17, 15) is 0 Å². The predicted molar refractivity (Wildman–Crippen MR) is 109 cm³/mol. The molecule has 0 radical (unpaired) electrons. The summed E-state index contributed by atoms with van der Waals surface area (Å²) in [6, 6.07) is 34.1. The van der Waals surface area contributed by atoms with Gasteiger partial charge < -0.3 is 0 Å². The average Bonchev–Trinajstić information content (AvgIpc) is 2.67. The number of nitrogens with zero attached hydrogens (tertiary/aromatic N) is 2. The van der Waals surface area contributed by atoms with Crippen molar-refractivity contribution >= 4 is 6.01 Å². The monoisotopic (exact) mass is 340 g/mol. The normalized spacial score (nSPS) is 11.5. The van der Waals surface area contributed by atoms with Crippen molar-refractivity contribution in [1.29, 1.82) is 0 Å². The largest absolute Gasteiger partial charge is 0.220 e. The maximum Gasteiger partial charge on any atom is 0.147 e. The van der Waals surface area contributed by atoms with Gasteiger partial charge in [0.2, 0.25) is 0 Å². The molecule has 0 atom stereocenters. The molecule has 0 aliphatic carbocycles. The maximum atomic E-state index is 4.93. The van der Waals surface area contributed by atoms with E-state index in [1.807, 2.05) is 75.4 Å². The highest BCUT2D eigenvalue weighted by molar-refractivity contribution is 5.55. The minimum atomic E-state index is -0.682. The van der Waals surface area contributed by atoms with E-state index >= 15 is 0 Å². The van der Waals surface area contributed by atoms with E-state index in [1.54, 1.807) is 0 Å². The van der Waals surface area contributed by atoms with Gasteiger partial charge in [0.15, 0.2) is 0 Å². The van der Waals surface area contributed by atoms with Gasteiger partial charge in [-0.2, -0.15) is 0 Å². The molecule has 0 amide bonds. The lowest BCUT2D eigenvalue weighted by Crippen LogP contribution is -2.27. The third kappa shape index (κ3) is 3.82. The van der Waals surface area contributed by atoms with Gasteiger partial charge in [0.1, 0.15) is 5.54 Å². The quantitative estimate of drug-likeness (QED) is 0.414. The van der Waals surface area contributed by atoms with Gasteiger partial charge in [-0.25, -0.2) is 9.98 Å². The van der Waals surface area contributed by atoms with Gasteiger partial charge in [0.25, 0.3) is 0 Å². The van der Waals surface area contributed by atoms with Crippen LogP contribution in [0, 0.1) is 0 Å². The molecule has 0 saturated carbocycles. The predicted octanol–water partition coefficient (Wildman–Crippen LogP) is 5.95. The van der Waals surface area contributed by atoms with Crippen LogP contribution in [0.3, 0.4) is 0 Å². The second kappa shape index (κ2) is 7.51. The summed E-state index contributed by atoms with van der Waals surface area (Å²) in [4.78, 5) is 9.44. The Balaban J connectivity index is 2.34. The number of hydrogen-bond acceptors (Lipinski definition) is 2. The fourth-order valence-corrected chi connectivity index (χ4v) is 2.98. The summed E-state index contributed by atoms with van der Waals surface area (Å²) in [5, 5.41) is 0. The molecule has 26 heavy (non-hydrogen) atoms. The molecule has 0 bridgehead atoms. The molecule has 0 heterocycles. The fraction of sp³-hybridized carbons (Fsp3) is 0.208. The smallest absolute Gasteiger partial charge is 0.147 e. The van der Waals surface area contributed by atoms with E-state index in [2.05, 4.69) is 47.4 Å². The van der Waals surface area contributed by atoms with Crippen LogP contribution in [-0.4, -0.2) is 11.5 Å². The molecule has 0 aliphatic rings. The van der Waals surface area contributed by atoms with Crippen molar-refractivity contribution in [2.24, 2.45) is 9.98 Å². The SMILES string of the molecule is CC(C)(C)N=C=NC(c1ccccc1)(c1ccccc1)c1ccccc1. The summed E-state index contributed by atoms with van der Waals surface area (Å²) in [6.45, 7) is 6.14. The molecule has 2 nitrogen and oxygen atoms in total. The lowest BCUT2D eigenvalue weighted by Gasteiger charge is -2.30. The Morgan fingerprint density at radius 2 is 0.885 bits per heavy atom. The number of rotatable bonds is 4. The average molecular weight is 340 g/mol. The lowest BCUT2D eigenvalue weighted by molar-refractivity contribution is 0.583. The van der Waals surface area contributed by atoms with E-state index in [0.29, 0.717) is 0 Å². The van der Waals surface area contributed by atoms with Crippen LogP contribution in [0.25, 0.3) is 0 Å². The minimum Gasteiger partial charge on any atom is -0.220 e. The molecule has 0 fully saturated rings. The molecule has 0 aromatic heterocycles. The third-order valence-electron chi connectivity index (χ3n) is 4.18. The Morgan fingerprint density at radius 3 is 1.19 bits per heavy atom. The van der Waals surface area contributed by atoms with Crippen molar-refractivity contribution in [3.63, 3.8) is 0 Å². The second-order valence-corrected chi connectivity index (χ2v) is 7.30. The van der Waals surface area contributed by atoms with Gasteiger partial charge in [0.05, 0.1) is 11.5 Å². The fourth-order valence-electron chi connectivity index (χ4n) is 2.98. The zero-order valence-corrected chi connectivity index (χ0v) is 15.6. The first-order valence-corrected chi connectivity index (χ1v) is 8.88. The second-order valence-electron chi connectivity index (χ2n) is 7.30. The Labute approximate surface area is 156 Å². The van der Waals surface area contributed by atoms with Crippen LogP contribution in [0.15, 0.2) is 101 Å². The molecular weight excluding hydrogens is 316 g/mol. The van der Waals surface area contributed by atoms with E-state index in [1.165, 1.54) is 0 Å². The molecular formula is C24H24N2. The highest BCUT2D eigenvalue weighted by atomic mass is 14.9. The molecule has 3 aromatic carbocycles. The van der Waals surface area contributed by atoms with Crippen LogP contribution in [0.1, 0.15) is 37.5 Å².